The van der Waals surface area contributed by atoms with Crippen LogP contribution in [0.4, 0.5) is 5.69 Å². The number of nitrogens with two attached hydrogens (primary N) is 1. The standard InChI is InChI=1S/C22H37N5O/c1-28-21-11-9-20(10-12-21)27-17-15-26(16-18-27)14-6-13-24-22(23)25-19-7-4-2-3-5-8-19/h9-12,19H,2-8,13-18H2,1H3,(H3,23,24,25). The van der Waals surface area contributed by atoms with Gasteiger partial charge in [-0.1, -0.05) is 25.7 Å². The molecule has 0 atom stereocenters. The van der Waals surface area contributed by atoms with Crippen LogP contribution in [0.15, 0.2) is 29.3 Å². The number of piperazine rings is 1. The SMILES string of the molecule is COc1ccc(N2CCN(CCCN=C(N)NC3CCCCCC3)CC2)cc1. The van der Waals surface area contributed by atoms with Crippen LogP contribution in [0, 0.1) is 0 Å². The van der Waals surface area contributed by atoms with E-state index < -0.39 is 0 Å². The molecular weight excluding hydrogens is 350 g/mol. The van der Waals surface area contributed by atoms with Crippen molar-refractivity contribution in [1.29, 1.82) is 0 Å². The Labute approximate surface area is 170 Å². The minimum absolute atomic E-state index is 0.525. The molecule has 0 amide bonds. The Morgan fingerprint density at radius 3 is 2.39 bits per heavy atom. The van der Waals surface area contributed by atoms with Gasteiger partial charge in [0.15, 0.2) is 5.96 Å². The monoisotopic (exact) mass is 387 g/mol. The van der Waals surface area contributed by atoms with Crippen LogP contribution >= 0.6 is 0 Å². The van der Waals surface area contributed by atoms with E-state index in [2.05, 4.69) is 32.2 Å². The molecule has 1 heterocycles. The van der Waals surface area contributed by atoms with Crippen molar-refractivity contribution >= 4 is 11.6 Å². The second-order valence-electron chi connectivity index (χ2n) is 7.98. The largest absolute Gasteiger partial charge is 0.497 e. The maximum Gasteiger partial charge on any atom is 0.188 e. The van der Waals surface area contributed by atoms with Crippen molar-refractivity contribution in [2.24, 2.45) is 10.7 Å². The predicted octanol–water partition coefficient (Wildman–Crippen LogP) is 2.83. The van der Waals surface area contributed by atoms with Crippen LogP contribution in [0.25, 0.3) is 0 Å². The Morgan fingerprint density at radius 2 is 1.75 bits per heavy atom. The summed E-state index contributed by atoms with van der Waals surface area (Å²) in [5, 5.41) is 3.43. The molecule has 0 unspecified atom stereocenters. The second kappa shape index (κ2) is 11.1. The summed E-state index contributed by atoms with van der Waals surface area (Å²) in [6, 6.07) is 8.89. The summed E-state index contributed by atoms with van der Waals surface area (Å²) < 4.78 is 5.24. The quantitative estimate of drug-likeness (QED) is 0.326. The summed E-state index contributed by atoms with van der Waals surface area (Å²) in [5.74, 6) is 1.55. The van der Waals surface area contributed by atoms with Crippen LogP contribution in [0.5, 0.6) is 5.75 Å². The van der Waals surface area contributed by atoms with Gasteiger partial charge in [0.2, 0.25) is 0 Å². The number of aliphatic imine (C=N–C) groups is 1. The molecule has 3 N–H and O–H groups in total. The zero-order valence-electron chi connectivity index (χ0n) is 17.4. The molecule has 0 aromatic heterocycles. The van der Waals surface area contributed by atoms with Crippen LogP contribution in [0.2, 0.25) is 0 Å². The molecule has 6 heteroatoms. The van der Waals surface area contributed by atoms with Gasteiger partial charge in [0.05, 0.1) is 7.11 Å². The van der Waals surface area contributed by atoms with Gasteiger partial charge in [-0.05, 0) is 43.5 Å². The average molecular weight is 388 g/mol. The van der Waals surface area contributed by atoms with Crippen LogP contribution in [0.1, 0.15) is 44.9 Å². The number of methoxy groups -OCH3 is 1. The fourth-order valence-electron chi connectivity index (χ4n) is 4.20. The summed E-state index contributed by atoms with van der Waals surface area (Å²) in [6.45, 7) is 6.25. The number of hydrogen-bond donors (Lipinski definition) is 2. The summed E-state index contributed by atoms with van der Waals surface area (Å²) in [6.07, 6.45) is 8.88. The number of guanidine groups is 1. The first-order valence-electron chi connectivity index (χ1n) is 10.9. The van der Waals surface area contributed by atoms with Crippen LogP contribution in [0.3, 0.4) is 0 Å². The van der Waals surface area contributed by atoms with E-state index in [4.69, 9.17) is 10.5 Å². The second-order valence-corrected chi connectivity index (χ2v) is 7.98. The lowest BCUT2D eigenvalue weighted by molar-refractivity contribution is 0.256. The number of benzene rings is 1. The highest BCUT2D eigenvalue weighted by atomic mass is 16.5. The Kier molecular flexibility index (Phi) is 8.27. The maximum absolute atomic E-state index is 6.09. The van der Waals surface area contributed by atoms with Crippen molar-refractivity contribution in [3.63, 3.8) is 0 Å². The third kappa shape index (κ3) is 6.59. The molecular formula is C22H37N5O. The van der Waals surface area contributed by atoms with E-state index in [1.54, 1.807) is 7.11 Å². The van der Waals surface area contributed by atoms with E-state index in [1.807, 2.05) is 12.1 Å². The number of ether oxygens (including phenoxy) is 1. The number of hydrogen-bond acceptors (Lipinski definition) is 4. The predicted molar refractivity (Wildman–Crippen MR) is 117 cm³/mol. The fraction of sp³-hybridized carbons (Fsp3) is 0.682. The Hall–Kier alpha value is -1.95. The molecule has 1 aromatic carbocycles. The van der Waals surface area contributed by atoms with Gasteiger partial charge in [-0.2, -0.15) is 0 Å². The highest BCUT2D eigenvalue weighted by Crippen LogP contribution is 2.20. The number of anilines is 1. The Morgan fingerprint density at radius 1 is 1.07 bits per heavy atom. The molecule has 2 fully saturated rings. The third-order valence-corrected chi connectivity index (χ3v) is 5.93. The topological polar surface area (TPSA) is 66.1 Å². The van der Waals surface area contributed by atoms with E-state index in [9.17, 15) is 0 Å². The van der Waals surface area contributed by atoms with Gasteiger partial charge in [0.25, 0.3) is 0 Å². The van der Waals surface area contributed by atoms with Gasteiger partial charge < -0.3 is 20.7 Å². The Bertz CT molecular complexity index is 587. The molecule has 0 radical (unpaired) electrons. The fourth-order valence-corrected chi connectivity index (χ4v) is 4.20. The lowest BCUT2D eigenvalue weighted by Gasteiger charge is -2.36. The molecule has 2 aliphatic rings. The third-order valence-electron chi connectivity index (χ3n) is 5.93. The smallest absolute Gasteiger partial charge is 0.188 e. The van der Waals surface area contributed by atoms with Gasteiger partial charge >= 0.3 is 0 Å². The van der Waals surface area contributed by atoms with E-state index in [0.717, 1.165) is 51.4 Å². The number of nitrogens with zero attached hydrogens (tertiary/aromatic N) is 3. The molecule has 28 heavy (non-hydrogen) atoms. The average Bonchev–Trinajstić information content (AvgIpc) is 3.00. The van der Waals surface area contributed by atoms with Crippen LogP contribution in [-0.2, 0) is 0 Å². The summed E-state index contributed by atoms with van der Waals surface area (Å²) in [5.41, 5.74) is 7.37. The van der Waals surface area contributed by atoms with Gasteiger partial charge in [0.1, 0.15) is 5.75 Å². The Balaban J connectivity index is 1.31. The van der Waals surface area contributed by atoms with E-state index in [0.29, 0.717) is 12.0 Å². The number of nitrogens with one attached hydrogen (secondary N) is 1. The molecule has 1 aliphatic heterocycles. The molecule has 1 aromatic rings. The van der Waals surface area contributed by atoms with Crippen molar-refractivity contribution in [3.8, 4) is 5.75 Å². The molecule has 3 rings (SSSR count). The van der Waals surface area contributed by atoms with Gasteiger partial charge in [-0.25, -0.2) is 0 Å². The van der Waals surface area contributed by atoms with Gasteiger partial charge in [0, 0.05) is 51.0 Å². The zero-order chi connectivity index (χ0) is 19.6. The summed E-state index contributed by atoms with van der Waals surface area (Å²) in [4.78, 5) is 9.53. The highest BCUT2D eigenvalue weighted by molar-refractivity contribution is 5.78. The first kappa shape index (κ1) is 20.8. The molecule has 6 nitrogen and oxygen atoms in total. The van der Waals surface area contributed by atoms with Crippen molar-refractivity contribution in [1.82, 2.24) is 10.2 Å². The first-order valence-corrected chi connectivity index (χ1v) is 10.9. The van der Waals surface area contributed by atoms with E-state index >= 15 is 0 Å². The molecule has 156 valence electrons. The van der Waals surface area contributed by atoms with Crippen molar-refractivity contribution in [2.45, 2.75) is 51.0 Å². The molecule has 1 saturated heterocycles. The van der Waals surface area contributed by atoms with Crippen LogP contribution < -0.4 is 20.7 Å². The maximum atomic E-state index is 6.09. The summed E-state index contributed by atoms with van der Waals surface area (Å²) in [7, 11) is 1.71. The zero-order valence-corrected chi connectivity index (χ0v) is 17.4. The molecule has 0 bridgehead atoms. The van der Waals surface area contributed by atoms with Crippen molar-refractivity contribution in [3.05, 3.63) is 24.3 Å². The lowest BCUT2D eigenvalue weighted by Crippen LogP contribution is -2.46. The molecule has 1 aliphatic carbocycles. The summed E-state index contributed by atoms with van der Waals surface area (Å²) >= 11 is 0. The van der Waals surface area contributed by atoms with E-state index in [-0.39, 0.29) is 0 Å². The van der Waals surface area contributed by atoms with E-state index in [1.165, 1.54) is 44.2 Å². The van der Waals surface area contributed by atoms with Crippen molar-refractivity contribution in [2.75, 3.05) is 51.3 Å². The van der Waals surface area contributed by atoms with Crippen molar-refractivity contribution < 1.29 is 4.74 Å². The van der Waals surface area contributed by atoms with Crippen LogP contribution in [-0.4, -0.2) is 63.3 Å². The minimum atomic E-state index is 0.525. The minimum Gasteiger partial charge on any atom is -0.497 e. The lowest BCUT2D eigenvalue weighted by atomic mass is 10.1. The van der Waals surface area contributed by atoms with Gasteiger partial charge in [-0.15, -0.1) is 0 Å². The normalized spacial score (nSPS) is 20.0. The number of rotatable bonds is 7. The highest BCUT2D eigenvalue weighted by Gasteiger charge is 2.17. The molecule has 0 spiro atoms. The van der Waals surface area contributed by atoms with Gasteiger partial charge in [-0.3, -0.25) is 9.89 Å². The molecule has 1 saturated carbocycles. The first-order chi connectivity index (χ1) is 13.7.